The molecule has 70 valence electrons. The Bertz CT molecular complexity index is 149. The Labute approximate surface area is 75.7 Å². The van der Waals surface area contributed by atoms with Crippen LogP contribution in [0.4, 0.5) is 0 Å². The molecule has 0 aromatic rings. The zero-order chi connectivity index (χ0) is 8.66. The molecule has 1 nitrogen and oxygen atoms in total. The summed E-state index contributed by atoms with van der Waals surface area (Å²) in [4.78, 5) is 0. The van der Waals surface area contributed by atoms with Gasteiger partial charge >= 0.3 is 0 Å². The van der Waals surface area contributed by atoms with Gasteiger partial charge in [0.05, 0.1) is 0 Å². The van der Waals surface area contributed by atoms with E-state index in [1.807, 2.05) is 0 Å². The quantitative estimate of drug-likeness (QED) is 0.672. The van der Waals surface area contributed by atoms with Crippen molar-refractivity contribution in [2.75, 3.05) is 6.54 Å². The molecule has 2 bridgehead atoms. The van der Waals surface area contributed by atoms with Crippen molar-refractivity contribution in [3.05, 3.63) is 0 Å². The number of rotatable bonds is 2. The molecule has 3 aliphatic rings. The van der Waals surface area contributed by atoms with Crippen LogP contribution in [0.1, 0.15) is 51.9 Å². The maximum Gasteiger partial charge on any atom is -0.00720 e. The molecule has 0 saturated heterocycles. The van der Waals surface area contributed by atoms with Crippen molar-refractivity contribution in [1.29, 1.82) is 0 Å². The van der Waals surface area contributed by atoms with E-state index in [0.29, 0.717) is 5.41 Å². The summed E-state index contributed by atoms with van der Waals surface area (Å²) < 4.78 is 0. The van der Waals surface area contributed by atoms with E-state index in [-0.39, 0.29) is 0 Å². The summed E-state index contributed by atoms with van der Waals surface area (Å²) in [6.07, 6.45) is 10.1. The van der Waals surface area contributed by atoms with Gasteiger partial charge in [-0.15, -0.1) is 0 Å². The SMILES string of the molecule is CC12CCC(CCN)(CC1)CC2. The van der Waals surface area contributed by atoms with Crippen LogP contribution < -0.4 is 5.73 Å². The van der Waals surface area contributed by atoms with Gasteiger partial charge < -0.3 is 5.73 Å². The molecule has 0 amide bonds. The molecule has 2 N–H and O–H groups in total. The van der Waals surface area contributed by atoms with Crippen LogP contribution in [-0.4, -0.2) is 6.54 Å². The first-order valence-corrected chi connectivity index (χ1v) is 5.38. The molecule has 3 rings (SSSR count). The molecule has 0 radical (unpaired) electrons. The van der Waals surface area contributed by atoms with Crippen LogP contribution in [0.3, 0.4) is 0 Å². The van der Waals surface area contributed by atoms with Crippen molar-refractivity contribution in [1.82, 2.24) is 0 Å². The van der Waals surface area contributed by atoms with Crippen LogP contribution in [0.25, 0.3) is 0 Å². The Morgan fingerprint density at radius 2 is 1.50 bits per heavy atom. The van der Waals surface area contributed by atoms with Gasteiger partial charge in [0.25, 0.3) is 0 Å². The lowest BCUT2D eigenvalue weighted by Crippen LogP contribution is -2.40. The zero-order valence-electron chi connectivity index (χ0n) is 8.23. The smallest absolute Gasteiger partial charge is 0.00720 e. The molecule has 12 heavy (non-hydrogen) atoms. The van der Waals surface area contributed by atoms with Crippen molar-refractivity contribution < 1.29 is 0 Å². The highest BCUT2D eigenvalue weighted by atomic mass is 14.6. The predicted molar refractivity (Wildman–Crippen MR) is 51.9 cm³/mol. The third kappa shape index (κ3) is 1.28. The highest BCUT2D eigenvalue weighted by Gasteiger charge is 2.45. The minimum absolute atomic E-state index is 0.687. The van der Waals surface area contributed by atoms with Crippen LogP contribution >= 0.6 is 0 Å². The van der Waals surface area contributed by atoms with Gasteiger partial charge in [0.15, 0.2) is 0 Å². The fourth-order valence-corrected chi connectivity index (χ4v) is 3.13. The van der Waals surface area contributed by atoms with E-state index in [4.69, 9.17) is 5.73 Å². The van der Waals surface area contributed by atoms with E-state index >= 15 is 0 Å². The second kappa shape index (κ2) is 2.73. The van der Waals surface area contributed by atoms with Gasteiger partial charge in [0, 0.05) is 0 Å². The molecule has 0 atom stereocenters. The monoisotopic (exact) mass is 167 g/mol. The lowest BCUT2D eigenvalue weighted by Gasteiger charge is -2.52. The van der Waals surface area contributed by atoms with Crippen molar-refractivity contribution in [2.45, 2.75) is 51.9 Å². The van der Waals surface area contributed by atoms with Crippen LogP contribution in [0, 0.1) is 10.8 Å². The topological polar surface area (TPSA) is 26.0 Å². The van der Waals surface area contributed by atoms with Crippen molar-refractivity contribution in [2.24, 2.45) is 16.6 Å². The molecule has 0 aromatic heterocycles. The van der Waals surface area contributed by atoms with Gasteiger partial charge in [0.2, 0.25) is 0 Å². The maximum atomic E-state index is 5.67. The minimum Gasteiger partial charge on any atom is -0.330 e. The summed E-state index contributed by atoms with van der Waals surface area (Å²) in [5.41, 5.74) is 7.08. The molecule has 3 aliphatic carbocycles. The Morgan fingerprint density at radius 1 is 1.00 bits per heavy atom. The third-order valence-corrected chi connectivity index (χ3v) is 4.45. The summed E-state index contributed by atoms with van der Waals surface area (Å²) in [7, 11) is 0. The van der Waals surface area contributed by atoms with Gasteiger partial charge in [-0.2, -0.15) is 0 Å². The van der Waals surface area contributed by atoms with Gasteiger partial charge in [-0.1, -0.05) is 6.92 Å². The maximum absolute atomic E-state index is 5.67. The average Bonchev–Trinajstić information content (AvgIpc) is 2.08. The van der Waals surface area contributed by atoms with Crippen molar-refractivity contribution in [3.8, 4) is 0 Å². The molecular weight excluding hydrogens is 146 g/mol. The second-order valence-electron chi connectivity index (χ2n) is 5.35. The van der Waals surface area contributed by atoms with E-state index in [1.165, 1.54) is 44.9 Å². The van der Waals surface area contributed by atoms with E-state index < -0.39 is 0 Å². The number of fused-ring (bicyclic) bond motifs is 3. The standard InChI is InChI=1S/C11H21N/c1-10-2-5-11(6-3-10,7-4-10)8-9-12/h2-9,12H2,1H3. The summed E-state index contributed by atoms with van der Waals surface area (Å²) in [5.74, 6) is 0. The first-order chi connectivity index (χ1) is 5.68. The predicted octanol–water partition coefficient (Wildman–Crippen LogP) is 2.70. The first kappa shape index (κ1) is 8.55. The molecule has 0 spiro atoms. The van der Waals surface area contributed by atoms with E-state index in [2.05, 4.69) is 6.92 Å². The molecule has 1 heteroatoms. The fraction of sp³-hybridized carbons (Fsp3) is 1.00. The highest BCUT2D eigenvalue weighted by Crippen LogP contribution is 2.57. The van der Waals surface area contributed by atoms with Crippen LogP contribution in [0.15, 0.2) is 0 Å². The van der Waals surface area contributed by atoms with Gasteiger partial charge in [-0.25, -0.2) is 0 Å². The first-order valence-electron chi connectivity index (χ1n) is 5.38. The Balaban J connectivity index is 2.04. The largest absolute Gasteiger partial charge is 0.330 e. The van der Waals surface area contributed by atoms with E-state index in [9.17, 15) is 0 Å². The summed E-state index contributed by atoms with van der Waals surface area (Å²) in [6, 6.07) is 0. The fourth-order valence-electron chi connectivity index (χ4n) is 3.13. The number of hydrogen-bond donors (Lipinski definition) is 1. The molecule has 0 heterocycles. The average molecular weight is 167 g/mol. The normalized spacial score (nSPS) is 46.5. The van der Waals surface area contributed by atoms with Crippen molar-refractivity contribution in [3.63, 3.8) is 0 Å². The summed E-state index contributed by atoms with van der Waals surface area (Å²) in [5, 5.41) is 0. The Morgan fingerprint density at radius 3 is 1.92 bits per heavy atom. The number of nitrogens with two attached hydrogens (primary N) is 1. The van der Waals surface area contributed by atoms with Gasteiger partial charge in [-0.3, -0.25) is 0 Å². The molecule has 0 unspecified atom stereocenters. The Kier molecular flexibility index (Phi) is 1.95. The lowest BCUT2D eigenvalue weighted by molar-refractivity contribution is -0.000798. The van der Waals surface area contributed by atoms with Crippen LogP contribution in [0.2, 0.25) is 0 Å². The molecule has 0 aromatic carbocycles. The lowest BCUT2D eigenvalue weighted by atomic mass is 9.53. The molecule has 3 fully saturated rings. The highest BCUT2D eigenvalue weighted by molar-refractivity contribution is 4.97. The van der Waals surface area contributed by atoms with Gasteiger partial charge in [0.1, 0.15) is 0 Å². The summed E-state index contributed by atoms with van der Waals surface area (Å²) >= 11 is 0. The molecule has 0 aliphatic heterocycles. The third-order valence-electron chi connectivity index (χ3n) is 4.45. The van der Waals surface area contributed by atoms with Gasteiger partial charge in [-0.05, 0) is 62.3 Å². The molecular formula is C11H21N. The van der Waals surface area contributed by atoms with Crippen LogP contribution in [0.5, 0.6) is 0 Å². The van der Waals surface area contributed by atoms with Crippen LogP contribution in [-0.2, 0) is 0 Å². The zero-order valence-corrected chi connectivity index (χ0v) is 8.23. The van der Waals surface area contributed by atoms with E-state index in [1.54, 1.807) is 0 Å². The second-order valence-corrected chi connectivity index (χ2v) is 5.35. The minimum atomic E-state index is 0.687. The Hall–Kier alpha value is -0.0400. The summed E-state index contributed by atoms with van der Waals surface area (Å²) in [6.45, 7) is 3.37. The number of hydrogen-bond acceptors (Lipinski definition) is 1. The molecule has 3 saturated carbocycles. The van der Waals surface area contributed by atoms with E-state index in [0.717, 1.165) is 12.0 Å². The van der Waals surface area contributed by atoms with Crippen molar-refractivity contribution >= 4 is 0 Å².